The standard InChI is InChI=1S/C35H40N4O5/c1-37-32(41)30(24-25-11-5-3-6-12-25)39(2)33(42)29(23-26-16-18-28(19-17-26)27-13-7-4-8-14-27)38-34(43)44-31(40)15-9-20-35(36)21-10-22-35/h3-9,11-19,29-30H,10,20-24,36H2,1-2H3,(H,37,41)(H,38,43). The summed E-state index contributed by atoms with van der Waals surface area (Å²) in [5, 5.41) is 5.20. The van der Waals surface area contributed by atoms with Crippen molar-refractivity contribution >= 4 is 23.9 Å². The molecule has 0 aliphatic heterocycles. The van der Waals surface area contributed by atoms with Crippen molar-refractivity contribution in [1.82, 2.24) is 15.5 Å². The van der Waals surface area contributed by atoms with Crippen molar-refractivity contribution in [2.24, 2.45) is 5.73 Å². The molecule has 2 unspecified atom stereocenters. The molecule has 1 fully saturated rings. The van der Waals surface area contributed by atoms with Crippen LogP contribution in [-0.4, -0.2) is 60.5 Å². The highest BCUT2D eigenvalue weighted by atomic mass is 16.6. The Morgan fingerprint density at radius 3 is 2.07 bits per heavy atom. The molecule has 2 atom stereocenters. The van der Waals surface area contributed by atoms with Gasteiger partial charge in [0.25, 0.3) is 0 Å². The minimum absolute atomic E-state index is 0.110. The van der Waals surface area contributed by atoms with Crippen molar-refractivity contribution < 1.29 is 23.9 Å². The molecule has 230 valence electrons. The van der Waals surface area contributed by atoms with Gasteiger partial charge < -0.3 is 26.0 Å². The first-order chi connectivity index (χ1) is 21.2. The van der Waals surface area contributed by atoms with Crippen LogP contribution in [0.15, 0.2) is 97.1 Å². The fourth-order valence-corrected chi connectivity index (χ4v) is 5.23. The number of nitrogens with two attached hydrogens (primary N) is 1. The van der Waals surface area contributed by atoms with Crippen molar-refractivity contribution in [3.63, 3.8) is 0 Å². The largest absolute Gasteiger partial charge is 0.415 e. The topological polar surface area (TPSA) is 131 Å². The quantitative estimate of drug-likeness (QED) is 0.164. The molecule has 0 saturated heterocycles. The number of benzene rings is 3. The third-order valence-electron chi connectivity index (χ3n) is 8.05. The number of amides is 3. The zero-order valence-corrected chi connectivity index (χ0v) is 25.2. The summed E-state index contributed by atoms with van der Waals surface area (Å²) in [5.41, 5.74) is 9.58. The van der Waals surface area contributed by atoms with Crippen molar-refractivity contribution in [2.45, 2.75) is 56.1 Å². The SMILES string of the molecule is CNC(=O)C(Cc1ccccc1)N(C)C(=O)C(Cc1ccc(-c2ccccc2)cc1)NC(=O)OC(=O)C=CCC1(N)CCC1. The lowest BCUT2D eigenvalue weighted by Crippen LogP contribution is -2.55. The Bertz CT molecular complexity index is 1450. The summed E-state index contributed by atoms with van der Waals surface area (Å²) in [7, 11) is 3.04. The molecule has 0 radical (unpaired) electrons. The summed E-state index contributed by atoms with van der Waals surface area (Å²) >= 11 is 0. The van der Waals surface area contributed by atoms with Gasteiger partial charge in [0.1, 0.15) is 12.1 Å². The first-order valence-corrected chi connectivity index (χ1v) is 14.8. The van der Waals surface area contributed by atoms with E-state index < -0.39 is 30.1 Å². The summed E-state index contributed by atoms with van der Waals surface area (Å²) in [4.78, 5) is 53.3. The van der Waals surface area contributed by atoms with Gasteiger partial charge in [-0.1, -0.05) is 91.0 Å². The van der Waals surface area contributed by atoms with Gasteiger partial charge in [0, 0.05) is 38.6 Å². The molecule has 44 heavy (non-hydrogen) atoms. The number of rotatable bonds is 12. The number of carbonyl (C=O) groups excluding carboxylic acids is 4. The van der Waals surface area contributed by atoms with Gasteiger partial charge in [0.2, 0.25) is 11.8 Å². The Kier molecular flexibility index (Phi) is 11.0. The van der Waals surface area contributed by atoms with Gasteiger partial charge in [-0.3, -0.25) is 9.59 Å². The number of alkyl carbamates (subject to hydrolysis) is 1. The van der Waals surface area contributed by atoms with Gasteiger partial charge in [0.15, 0.2) is 0 Å². The molecule has 0 aromatic heterocycles. The second-order valence-electron chi connectivity index (χ2n) is 11.3. The normalized spacial score (nSPS) is 15.0. The van der Waals surface area contributed by atoms with Crippen molar-refractivity contribution in [2.75, 3.05) is 14.1 Å². The molecule has 0 spiro atoms. The molecule has 4 N–H and O–H groups in total. The lowest BCUT2D eigenvalue weighted by atomic mass is 9.75. The smallest absolute Gasteiger partial charge is 0.373 e. The summed E-state index contributed by atoms with van der Waals surface area (Å²) in [6.07, 6.45) is 5.46. The molecule has 1 aliphatic carbocycles. The predicted octanol–water partition coefficient (Wildman–Crippen LogP) is 4.16. The van der Waals surface area contributed by atoms with Crippen molar-refractivity contribution in [1.29, 1.82) is 0 Å². The van der Waals surface area contributed by atoms with Crippen LogP contribution in [0.3, 0.4) is 0 Å². The van der Waals surface area contributed by atoms with Crippen molar-refractivity contribution in [3.05, 3.63) is 108 Å². The van der Waals surface area contributed by atoms with E-state index in [1.807, 2.05) is 84.9 Å². The van der Waals surface area contributed by atoms with Crippen LogP contribution in [-0.2, 0) is 32.0 Å². The Morgan fingerprint density at radius 2 is 1.48 bits per heavy atom. The average molecular weight is 597 g/mol. The minimum atomic E-state index is -1.11. The molecule has 0 bridgehead atoms. The molecule has 1 aliphatic rings. The summed E-state index contributed by atoms with van der Waals surface area (Å²) < 4.78 is 4.95. The number of nitrogens with zero attached hydrogens (tertiary/aromatic N) is 1. The highest BCUT2D eigenvalue weighted by Crippen LogP contribution is 2.32. The fraction of sp³-hybridized carbons (Fsp3) is 0.314. The fourth-order valence-electron chi connectivity index (χ4n) is 5.23. The Hall–Kier alpha value is -4.76. The summed E-state index contributed by atoms with van der Waals surface area (Å²) in [5.74, 6) is -1.70. The zero-order chi connectivity index (χ0) is 31.5. The molecule has 1 saturated carbocycles. The number of ether oxygens (including phenoxy) is 1. The van der Waals surface area contributed by atoms with Crippen LogP contribution in [0.5, 0.6) is 0 Å². The second kappa shape index (κ2) is 15.1. The van der Waals surface area contributed by atoms with E-state index in [0.29, 0.717) is 6.42 Å². The maximum absolute atomic E-state index is 13.9. The third-order valence-corrected chi connectivity index (χ3v) is 8.05. The summed E-state index contributed by atoms with van der Waals surface area (Å²) in [6.45, 7) is 0. The molecule has 3 aromatic rings. The zero-order valence-electron chi connectivity index (χ0n) is 25.2. The Labute approximate surface area is 258 Å². The number of hydrogen-bond acceptors (Lipinski definition) is 6. The van der Waals surface area contributed by atoms with Crippen molar-refractivity contribution in [3.8, 4) is 11.1 Å². The highest BCUT2D eigenvalue weighted by Gasteiger charge is 2.33. The Balaban J connectivity index is 1.50. The molecule has 9 nitrogen and oxygen atoms in total. The van der Waals surface area contributed by atoms with Gasteiger partial charge in [-0.05, 0) is 47.9 Å². The van der Waals surface area contributed by atoms with E-state index in [2.05, 4.69) is 10.6 Å². The van der Waals surface area contributed by atoms with Crippen LogP contribution in [0.2, 0.25) is 0 Å². The number of likely N-dealkylation sites (N-methyl/N-ethyl adjacent to an activating group) is 2. The minimum Gasteiger partial charge on any atom is -0.373 e. The predicted molar refractivity (Wildman–Crippen MR) is 169 cm³/mol. The van der Waals surface area contributed by atoms with E-state index >= 15 is 0 Å². The van der Waals surface area contributed by atoms with Crippen LogP contribution in [0.25, 0.3) is 11.1 Å². The van der Waals surface area contributed by atoms with Crippen LogP contribution in [0.4, 0.5) is 4.79 Å². The maximum Gasteiger partial charge on any atom is 0.415 e. The highest BCUT2D eigenvalue weighted by molar-refractivity contribution is 5.95. The third kappa shape index (κ3) is 8.87. The number of hydrogen-bond donors (Lipinski definition) is 3. The second-order valence-corrected chi connectivity index (χ2v) is 11.3. The van der Waals surface area contributed by atoms with Crippen LogP contribution < -0.4 is 16.4 Å². The Morgan fingerprint density at radius 1 is 0.886 bits per heavy atom. The molecule has 0 heterocycles. The van der Waals surface area contributed by atoms with Gasteiger partial charge >= 0.3 is 12.1 Å². The van der Waals surface area contributed by atoms with Crippen LogP contribution >= 0.6 is 0 Å². The van der Waals surface area contributed by atoms with E-state index in [-0.39, 0.29) is 24.3 Å². The van der Waals surface area contributed by atoms with Gasteiger partial charge in [-0.2, -0.15) is 0 Å². The molecular formula is C35H40N4O5. The van der Waals surface area contributed by atoms with E-state index in [1.165, 1.54) is 25.1 Å². The first kappa shape index (κ1) is 32.2. The van der Waals surface area contributed by atoms with E-state index in [0.717, 1.165) is 41.5 Å². The molecular weight excluding hydrogens is 556 g/mol. The maximum atomic E-state index is 13.9. The van der Waals surface area contributed by atoms with Gasteiger partial charge in [-0.15, -0.1) is 0 Å². The van der Waals surface area contributed by atoms with E-state index in [1.54, 1.807) is 6.08 Å². The lowest BCUT2D eigenvalue weighted by molar-refractivity contribution is -0.140. The number of carbonyl (C=O) groups is 4. The average Bonchev–Trinajstić information content (AvgIpc) is 3.02. The van der Waals surface area contributed by atoms with Gasteiger partial charge in [-0.25, -0.2) is 9.59 Å². The van der Waals surface area contributed by atoms with Gasteiger partial charge in [0.05, 0.1) is 0 Å². The molecule has 3 aromatic carbocycles. The van der Waals surface area contributed by atoms with E-state index in [9.17, 15) is 19.2 Å². The molecule has 4 rings (SSSR count). The molecule has 9 heteroatoms. The van der Waals surface area contributed by atoms with E-state index in [4.69, 9.17) is 10.5 Å². The number of nitrogens with one attached hydrogen (secondary N) is 2. The number of esters is 1. The van der Waals surface area contributed by atoms with Crippen LogP contribution in [0, 0.1) is 0 Å². The molecule has 3 amide bonds. The lowest BCUT2D eigenvalue weighted by Gasteiger charge is -2.37. The monoisotopic (exact) mass is 596 g/mol. The summed E-state index contributed by atoms with van der Waals surface area (Å²) in [6, 6.07) is 24.9. The van der Waals surface area contributed by atoms with Crippen LogP contribution in [0.1, 0.15) is 36.8 Å². The first-order valence-electron chi connectivity index (χ1n) is 14.8.